The number of hydrogen-bond acceptors (Lipinski definition) is 5. The number of aromatic nitrogens is 3. The quantitative estimate of drug-likeness (QED) is 0.605. The van der Waals surface area contributed by atoms with Crippen LogP contribution in [0, 0.1) is 0 Å². The van der Waals surface area contributed by atoms with E-state index in [0.29, 0.717) is 23.1 Å². The van der Waals surface area contributed by atoms with Crippen LogP contribution >= 0.6 is 11.6 Å². The van der Waals surface area contributed by atoms with Crippen LogP contribution in [0.15, 0.2) is 30.6 Å². The zero-order valence-electron chi connectivity index (χ0n) is 16.9. The summed E-state index contributed by atoms with van der Waals surface area (Å²) in [4.78, 5) is 23.4. The molecule has 4 rings (SSSR count). The van der Waals surface area contributed by atoms with E-state index in [4.69, 9.17) is 26.1 Å². The number of fused-ring (bicyclic) bond motifs is 3. The minimum absolute atomic E-state index is 0.372. The number of hydrogen-bond donors (Lipinski definition) is 0. The van der Waals surface area contributed by atoms with Gasteiger partial charge in [-0.3, -0.25) is 9.30 Å². The molecule has 152 valence electrons. The van der Waals surface area contributed by atoms with Crippen molar-refractivity contribution in [3.63, 3.8) is 0 Å². The second-order valence-electron chi connectivity index (χ2n) is 7.97. The summed E-state index contributed by atoms with van der Waals surface area (Å²) in [6.07, 6.45) is 4.87. The van der Waals surface area contributed by atoms with E-state index >= 15 is 0 Å². The van der Waals surface area contributed by atoms with Gasteiger partial charge in [-0.2, -0.15) is 0 Å². The molecular weight excluding hydrogens is 392 g/mol. The molecule has 0 saturated heterocycles. The van der Waals surface area contributed by atoms with Gasteiger partial charge in [0.2, 0.25) is 5.88 Å². The van der Waals surface area contributed by atoms with E-state index in [-0.39, 0.29) is 6.09 Å². The van der Waals surface area contributed by atoms with Crippen LogP contribution in [-0.2, 0) is 11.2 Å². The predicted molar refractivity (Wildman–Crippen MR) is 112 cm³/mol. The normalized spacial score (nSPS) is 14.0. The third-order valence-corrected chi connectivity index (χ3v) is 4.99. The lowest BCUT2D eigenvalue weighted by molar-refractivity contribution is 0.0576. The van der Waals surface area contributed by atoms with Gasteiger partial charge in [0.25, 0.3) is 0 Å². The maximum atomic E-state index is 12.8. The molecule has 1 aliphatic heterocycles. The van der Waals surface area contributed by atoms with Gasteiger partial charge in [-0.05, 0) is 39.7 Å². The van der Waals surface area contributed by atoms with Crippen LogP contribution in [-0.4, -0.2) is 39.7 Å². The highest BCUT2D eigenvalue weighted by atomic mass is 35.5. The molecule has 3 aromatic rings. The Kier molecular flexibility index (Phi) is 4.86. The van der Waals surface area contributed by atoms with Crippen LogP contribution in [0.2, 0.25) is 5.02 Å². The van der Waals surface area contributed by atoms with Crippen LogP contribution in [0.3, 0.4) is 0 Å². The summed E-state index contributed by atoms with van der Waals surface area (Å²) in [5.41, 5.74) is 2.63. The van der Waals surface area contributed by atoms with Crippen LogP contribution in [0.1, 0.15) is 32.9 Å². The van der Waals surface area contributed by atoms with E-state index in [1.165, 1.54) is 0 Å². The summed E-state index contributed by atoms with van der Waals surface area (Å²) in [7, 11) is 1.57. The average Bonchev–Trinajstić information content (AvgIpc) is 3.03. The number of pyridine rings is 2. The van der Waals surface area contributed by atoms with Crippen molar-refractivity contribution in [2.24, 2.45) is 0 Å². The SMILES string of the molecule is COc1ccc(-c2cn3c4c(nc3cc2Cl)CCCN4C(=O)OC(C)(C)C)cn1. The molecule has 0 atom stereocenters. The van der Waals surface area contributed by atoms with Gasteiger partial charge in [0.1, 0.15) is 17.1 Å². The van der Waals surface area contributed by atoms with Gasteiger partial charge in [-0.1, -0.05) is 11.6 Å². The maximum Gasteiger partial charge on any atom is 0.416 e. The zero-order chi connectivity index (χ0) is 20.8. The number of aryl methyl sites for hydroxylation is 1. The minimum Gasteiger partial charge on any atom is -0.481 e. The number of methoxy groups -OCH3 is 1. The second-order valence-corrected chi connectivity index (χ2v) is 8.38. The van der Waals surface area contributed by atoms with Crippen LogP contribution in [0.4, 0.5) is 10.6 Å². The molecule has 4 heterocycles. The van der Waals surface area contributed by atoms with Gasteiger partial charge in [-0.25, -0.2) is 14.8 Å². The van der Waals surface area contributed by atoms with E-state index < -0.39 is 5.60 Å². The first-order valence-corrected chi connectivity index (χ1v) is 9.86. The van der Waals surface area contributed by atoms with Gasteiger partial charge in [-0.15, -0.1) is 0 Å². The molecule has 1 amide bonds. The van der Waals surface area contributed by atoms with Gasteiger partial charge < -0.3 is 9.47 Å². The summed E-state index contributed by atoms with van der Waals surface area (Å²) in [6.45, 7) is 6.16. The monoisotopic (exact) mass is 414 g/mol. The van der Waals surface area contributed by atoms with Gasteiger partial charge in [0.05, 0.1) is 17.8 Å². The molecule has 3 aromatic heterocycles. The van der Waals surface area contributed by atoms with Crippen molar-refractivity contribution in [3.8, 4) is 17.0 Å². The Bertz CT molecular complexity index is 1070. The summed E-state index contributed by atoms with van der Waals surface area (Å²) < 4.78 is 12.6. The molecule has 0 fully saturated rings. The lowest BCUT2D eigenvalue weighted by Gasteiger charge is -2.29. The summed E-state index contributed by atoms with van der Waals surface area (Å²) >= 11 is 6.54. The van der Waals surface area contributed by atoms with Gasteiger partial charge >= 0.3 is 6.09 Å². The molecule has 1 aliphatic rings. The van der Waals surface area contributed by atoms with Crippen molar-refractivity contribution >= 4 is 29.2 Å². The second kappa shape index (κ2) is 7.22. The molecule has 29 heavy (non-hydrogen) atoms. The summed E-state index contributed by atoms with van der Waals surface area (Å²) in [6, 6.07) is 5.49. The first-order valence-electron chi connectivity index (χ1n) is 9.48. The number of rotatable bonds is 2. The first-order chi connectivity index (χ1) is 13.8. The molecule has 0 aromatic carbocycles. The molecule has 0 spiro atoms. The Morgan fingerprint density at radius 2 is 2.07 bits per heavy atom. The molecule has 0 radical (unpaired) electrons. The van der Waals surface area contributed by atoms with E-state index in [1.807, 2.05) is 43.5 Å². The number of halogens is 1. The van der Waals surface area contributed by atoms with Crippen molar-refractivity contribution in [2.45, 2.75) is 39.2 Å². The molecule has 8 heteroatoms. The molecule has 0 unspecified atom stereocenters. The minimum atomic E-state index is -0.571. The van der Waals surface area contributed by atoms with Crippen molar-refractivity contribution in [1.29, 1.82) is 0 Å². The number of amides is 1. The first kappa shape index (κ1) is 19.5. The van der Waals surface area contributed by atoms with Crippen molar-refractivity contribution in [1.82, 2.24) is 14.4 Å². The van der Waals surface area contributed by atoms with Crippen LogP contribution < -0.4 is 9.64 Å². The van der Waals surface area contributed by atoms with Gasteiger partial charge in [0, 0.05) is 42.2 Å². The summed E-state index contributed by atoms with van der Waals surface area (Å²) in [5, 5.41) is 0.565. The smallest absolute Gasteiger partial charge is 0.416 e. The maximum absolute atomic E-state index is 12.8. The van der Waals surface area contributed by atoms with Crippen LogP contribution in [0.5, 0.6) is 5.88 Å². The zero-order valence-corrected chi connectivity index (χ0v) is 17.7. The third-order valence-electron chi connectivity index (χ3n) is 4.68. The topological polar surface area (TPSA) is 69.0 Å². The molecule has 7 nitrogen and oxygen atoms in total. The fourth-order valence-electron chi connectivity index (χ4n) is 3.43. The Hall–Kier alpha value is -2.80. The Morgan fingerprint density at radius 1 is 1.28 bits per heavy atom. The molecule has 0 N–H and O–H groups in total. The fraction of sp³-hybridized carbons (Fsp3) is 0.381. The highest BCUT2D eigenvalue weighted by Crippen LogP contribution is 2.35. The third kappa shape index (κ3) is 3.74. The Balaban J connectivity index is 1.82. The number of nitrogens with zero attached hydrogens (tertiary/aromatic N) is 4. The van der Waals surface area contributed by atoms with Crippen molar-refractivity contribution in [3.05, 3.63) is 41.3 Å². The van der Waals surface area contributed by atoms with E-state index in [2.05, 4.69) is 4.98 Å². The number of imidazole rings is 1. The fourth-order valence-corrected chi connectivity index (χ4v) is 3.69. The highest BCUT2D eigenvalue weighted by molar-refractivity contribution is 6.33. The van der Waals surface area contributed by atoms with Crippen molar-refractivity contribution in [2.75, 3.05) is 18.6 Å². The Morgan fingerprint density at radius 3 is 2.72 bits per heavy atom. The standard InChI is InChI=1S/C21H23ClN4O3/c1-21(2,3)29-20(27)25-9-5-6-16-19(25)26-12-14(15(22)10-17(26)24-16)13-7-8-18(28-4)23-11-13/h7-8,10-12H,5-6,9H2,1-4H3. The number of anilines is 1. The van der Waals surface area contributed by atoms with E-state index in [0.717, 1.165) is 35.5 Å². The van der Waals surface area contributed by atoms with Gasteiger partial charge in [0.15, 0.2) is 0 Å². The molecular formula is C21H23ClN4O3. The van der Waals surface area contributed by atoms with E-state index in [9.17, 15) is 4.79 Å². The molecule has 0 bridgehead atoms. The largest absolute Gasteiger partial charge is 0.481 e. The predicted octanol–water partition coefficient (Wildman–Crippen LogP) is 4.75. The summed E-state index contributed by atoms with van der Waals surface area (Å²) in [5.74, 6) is 1.27. The number of carbonyl (C=O) groups excluding carboxylic acids is 1. The highest BCUT2D eigenvalue weighted by Gasteiger charge is 2.31. The lowest BCUT2D eigenvalue weighted by atomic mass is 10.1. The van der Waals surface area contributed by atoms with Crippen LogP contribution in [0.25, 0.3) is 16.8 Å². The number of ether oxygens (including phenoxy) is 2. The number of carbonyl (C=O) groups is 1. The lowest BCUT2D eigenvalue weighted by Crippen LogP contribution is -2.40. The Labute approximate surface area is 174 Å². The van der Waals surface area contributed by atoms with E-state index in [1.54, 1.807) is 24.3 Å². The van der Waals surface area contributed by atoms with Crippen molar-refractivity contribution < 1.29 is 14.3 Å². The average molecular weight is 415 g/mol. The molecule has 0 aliphatic carbocycles. The molecule has 0 saturated carbocycles.